The lowest BCUT2D eigenvalue weighted by atomic mass is 10.1. The zero-order valence-electron chi connectivity index (χ0n) is 17.8. The third-order valence-corrected chi connectivity index (χ3v) is 4.82. The predicted molar refractivity (Wildman–Crippen MR) is 120 cm³/mol. The fourth-order valence-electron chi connectivity index (χ4n) is 3.03. The molecule has 5 heteroatoms. The Morgan fingerprint density at radius 2 is 1.39 bits per heavy atom. The van der Waals surface area contributed by atoms with E-state index in [4.69, 9.17) is 9.47 Å². The second-order valence-corrected chi connectivity index (χ2v) is 7.42. The van der Waals surface area contributed by atoms with E-state index in [-0.39, 0.29) is 11.9 Å². The van der Waals surface area contributed by atoms with E-state index < -0.39 is 12.1 Å². The summed E-state index contributed by atoms with van der Waals surface area (Å²) in [6.07, 6.45) is 0.791. The monoisotopic (exact) mass is 417 g/mol. The van der Waals surface area contributed by atoms with Gasteiger partial charge in [-0.1, -0.05) is 48.5 Å². The fraction of sp³-hybridized carbons (Fsp3) is 0.231. The van der Waals surface area contributed by atoms with Crippen LogP contribution in [0.5, 0.6) is 11.5 Å². The molecule has 0 heterocycles. The average molecular weight is 418 g/mol. The first kappa shape index (κ1) is 22.1. The van der Waals surface area contributed by atoms with Crippen LogP contribution in [0.4, 0.5) is 0 Å². The zero-order valence-corrected chi connectivity index (χ0v) is 17.8. The number of benzene rings is 3. The lowest BCUT2D eigenvalue weighted by Gasteiger charge is -2.18. The van der Waals surface area contributed by atoms with E-state index in [1.165, 1.54) is 5.56 Å². The maximum absolute atomic E-state index is 12.4. The third-order valence-electron chi connectivity index (χ3n) is 4.82. The fourth-order valence-corrected chi connectivity index (χ4v) is 3.03. The molecular weight excluding hydrogens is 390 g/mol. The summed E-state index contributed by atoms with van der Waals surface area (Å²) >= 11 is 0. The van der Waals surface area contributed by atoms with Crippen molar-refractivity contribution >= 4 is 11.9 Å². The Hall–Kier alpha value is -3.60. The van der Waals surface area contributed by atoms with Crippen molar-refractivity contribution in [1.82, 2.24) is 5.32 Å². The van der Waals surface area contributed by atoms with Gasteiger partial charge in [-0.2, -0.15) is 0 Å². The standard InChI is InChI=1S/C26H27NO4/c1-19(13-14-21-9-5-3-6-10-21)27-25(28)20(2)30-26(29)22-15-17-24(18-16-22)31-23-11-7-4-8-12-23/h3-12,15-20H,13-14H2,1-2H3,(H,27,28)/t19-,20+/m0/s1. The largest absolute Gasteiger partial charge is 0.457 e. The van der Waals surface area contributed by atoms with E-state index >= 15 is 0 Å². The molecule has 0 bridgehead atoms. The van der Waals surface area contributed by atoms with Gasteiger partial charge < -0.3 is 14.8 Å². The summed E-state index contributed by atoms with van der Waals surface area (Å²) in [5.74, 6) is 0.467. The number of ether oxygens (including phenoxy) is 2. The molecule has 2 atom stereocenters. The van der Waals surface area contributed by atoms with Crippen LogP contribution in [0.3, 0.4) is 0 Å². The van der Waals surface area contributed by atoms with Crippen LogP contribution in [0, 0.1) is 0 Å². The Kier molecular flexibility index (Phi) is 7.82. The molecule has 3 aromatic carbocycles. The van der Waals surface area contributed by atoms with Gasteiger partial charge in [-0.3, -0.25) is 4.79 Å². The minimum atomic E-state index is -0.882. The topological polar surface area (TPSA) is 64.6 Å². The van der Waals surface area contributed by atoms with E-state index in [0.29, 0.717) is 17.1 Å². The van der Waals surface area contributed by atoms with Crippen LogP contribution in [0.15, 0.2) is 84.9 Å². The van der Waals surface area contributed by atoms with Gasteiger partial charge in [0.15, 0.2) is 6.10 Å². The van der Waals surface area contributed by atoms with Crippen LogP contribution < -0.4 is 10.1 Å². The summed E-state index contributed by atoms with van der Waals surface area (Å²) in [6.45, 7) is 3.52. The highest BCUT2D eigenvalue weighted by Crippen LogP contribution is 2.21. The molecule has 0 fully saturated rings. The summed E-state index contributed by atoms with van der Waals surface area (Å²) in [4.78, 5) is 24.8. The van der Waals surface area contributed by atoms with Crippen molar-refractivity contribution in [3.8, 4) is 11.5 Å². The number of carbonyl (C=O) groups excluding carboxylic acids is 2. The number of amides is 1. The molecule has 5 nitrogen and oxygen atoms in total. The second kappa shape index (κ2) is 11.0. The molecule has 0 saturated heterocycles. The number of esters is 1. The van der Waals surface area contributed by atoms with Gasteiger partial charge >= 0.3 is 5.97 Å². The Morgan fingerprint density at radius 3 is 2.03 bits per heavy atom. The van der Waals surface area contributed by atoms with Gasteiger partial charge in [-0.25, -0.2) is 4.79 Å². The molecule has 0 saturated carbocycles. The number of hydrogen-bond acceptors (Lipinski definition) is 4. The van der Waals surface area contributed by atoms with Crippen molar-refractivity contribution in [2.45, 2.75) is 38.8 Å². The molecule has 31 heavy (non-hydrogen) atoms. The zero-order chi connectivity index (χ0) is 22.1. The molecule has 0 aliphatic carbocycles. The Morgan fingerprint density at radius 1 is 0.806 bits per heavy atom. The number of aryl methyl sites for hydroxylation is 1. The first-order valence-electron chi connectivity index (χ1n) is 10.4. The third kappa shape index (κ3) is 7.00. The molecule has 3 rings (SSSR count). The highest BCUT2D eigenvalue weighted by molar-refractivity contribution is 5.92. The lowest BCUT2D eigenvalue weighted by Crippen LogP contribution is -2.41. The summed E-state index contributed by atoms with van der Waals surface area (Å²) in [7, 11) is 0. The van der Waals surface area contributed by atoms with Crippen molar-refractivity contribution in [2.75, 3.05) is 0 Å². The predicted octanol–water partition coefficient (Wildman–Crippen LogP) is 5.16. The van der Waals surface area contributed by atoms with Crippen molar-refractivity contribution in [3.63, 3.8) is 0 Å². The maximum Gasteiger partial charge on any atom is 0.338 e. The SMILES string of the molecule is C[C@@H](CCc1ccccc1)NC(=O)[C@@H](C)OC(=O)c1ccc(Oc2ccccc2)cc1. The molecule has 0 unspecified atom stereocenters. The molecule has 0 aliphatic rings. The summed E-state index contributed by atoms with van der Waals surface area (Å²) in [5.41, 5.74) is 1.58. The summed E-state index contributed by atoms with van der Waals surface area (Å²) in [6, 6.07) is 26.1. The molecule has 1 N–H and O–H groups in total. The van der Waals surface area contributed by atoms with Crippen molar-refractivity contribution < 1.29 is 19.1 Å². The first-order valence-corrected chi connectivity index (χ1v) is 10.4. The van der Waals surface area contributed by atoms with Crippen LogP contribution >= 0.6 is 0 Å². The quantitative estimate of drug-likeness (QED) is 0.488. The average Bonchev–Trinajstić information content (AvgIpc) is 2.79. The van der Waals surface area contributed by atoms with Crippen molar-refractivity contribution in [2.24, 2.45) is 0 Å². The number of nitrogens with one attached hydrogen (secondary N) is 1. The second-order valence-electron chi connectivity index (χ2n) is 7.42. The Labute approximate surface area is 183 Å². The van der Waals surface area contributed by atoms with Gasteiger partial charge in [0.2, 0.25) is 0 Å². The van der Waals surface area contributed by atoms with Gasteiger partial charge in [0.25, 0.3) is 5.91 Å². The first-order chi connectivity index (χ1) is 15.0. The van der Waals surface area contributed by atoms with Crippen LogP contribution in [-0.2, 0) is 16.0 Å². The van der Waals surface area contributed by atoms with Gasteiger partial charge in [0, 0.05) is 6.04 Å². The van der Waals surface area contributed by atoms with Crippen LogP contribution in [0.1, 0.15) is 36.2 Å². The molecule has 0 aliphatic heterocycles. The Bertz CT molecular complexity index is 971. The number of hydrogen-bond donors (Lipinski definition) is 1. The summed E-state index contributed by atoms with van der Waals surface area (Å²) < 4.78 is 11.0. The van der Waals surface area contributed by atoms with Gasteiger partial charge in [-0.15, -0.1) is 0 Å². The van der Waals surface area contributed by atoms with Gasteiger partial charge in [0.05, 0.1) is 5.56 Å². The number of carbonyl (C=O) groups is 2. The minimum absolute atomic E-state index is 0.0247. The minimum Gasteiger partial charge on any atom is -0.457 e. The molecular formula is C26H27NO4. The van der Waals surface area contributed by atoms with Crippen LogP contribution in [-0.4, -0.2) is 24.0 Å². The normalized spacial score (nSPS) is 12.5. The van der Waals surface area contributed by atoms with Gasteiger partial charge in [0.1, 0.15) is 11.5 Å². The number of para-hydroxylation sites is 1. The van der Waals surface area contributed by atoms with E-state index in [2.05, 4.69) is 17.4 Å². The van der Waals surface area contributed by atoms with Crippen molar-refractivity contribution in [3.05, 3.63) is 96.1 Å². The summed E-state index contributed by atoms with van der Waals surface area (Å²) in [5, 5.41) is 2.91. The molecule has 160 valence electrons. The van der Waals surface area contributed by atoms with E-state index in [0.717, 1.165) is 12.8 Å². The molecule has 0 aromatic heterocycles. The van der Waals surface area contributed by atoms with Crippen LogP contribution in [0.2, 0.25) is 0 Å². The van der Waals surface area contributed by atoms with Crippen molar-refractivity contribution in [1.29, 1.82) is 0 Å². The Balaban J connectivity index is 1.46. The van der Waals surface area contributed by atoms with E-state index in [9.17, 15) is 9.59 Å². The van der Waals surface area contributed by atoms with Crippen LogP contribution in [0.25, 0.3) is 0 Å². The maximum atomic E-state index is 12.4. The highest BCUT2D eigenvalue weighted by Gasteiger charge is 2.20. The molecule has 0 spiro atoms. The van der Waals surface area contributed by atoms with Gasteiger partial charge in [-0.05, 0) is 68.7 Å². The highest BCUT2D eigenvalue weighted by atomic mass is 16.5. The van der Waals surface area contributed by atoms with E-state index in [1.54, 1.807) is 31.2 Å². The number of rotatable bonds is 9. The van der Waals surface area contributed by atoms with E-state index in [1.807, 2.05) is 55.5 Å². The lowest BCUT2D eigenvalue weighted by molar-refractivity contribution is -0.129. The molecule has 1 amide bonds. The molecule has 0 radical (unpaired) electrons. The smallest absolute Gasteiger partial charge is 0.338 e. The molecule has 3 aromatic rings.